The lowest BCUT2D eigenvalue weighted by Gasteiger charge is -2.46. The van der Waals surface area contributed by atoms with Crippen LogP contribution in [0.5, 0.6) is 0 Å². The maximum atomic E-state index is 13.5. The van der Waals surface area contributed by atoms with Gasteiger partial charge in [0.2, 0.25) is 0 Å². The van der Waals surface area contributed by atoms with Gasteiger partial charge in [0.05, 0.1) is 23.8 Å². The Labute approximate surface area is 193 Å². The highest BCUT2D eigenvalue weighted by atomic mass is 19.4. The number of hydrogen-bond donors (Lipinski definition) is 2. The van der Waals surface area contributed by atoms with E-state index in [1.165, 1.54) is 6.07 Å². The Hall–Kier alpha value is -2.09. The second-order valence-electron chi connectivity index (χ2n) is 9.74. The van der Waals surface area contributed by atoms with Gasteiger partial charge in [-0.25, -0.2) is 0 Å². The standard InChI is InChI=1S/C26H32F3N3O/c1-32-13-11-19(12-14-32)30-16-20-8-9-21-24(17-5-3-2-4-6-17)31-23-10-7-18(26(27,28)29)15-22(23)25(21)33-20/h2-7,10,15,19-21,24-25,30-31H,8-9,11-14,16H2,1H3/t20-,21+,24+,25+/m1/s1. The smallest absolute Gasteiger partial charge is 0.378 e. The summed E-state index contributed by atoms with van der Waals surface area (Å²) in [6.45, 7) is 2.92. The average molecular weight is 460 g/mol. The molecule has 178 valence electrons. The Kier molecular flexibility index (Phi) is 6.38. The van der Waals surface area contributed by atoms with Crippen molar-refractivity contribution in [2.45, 2.75) is 56.2 Å². The maximum absolute atomic E-state index is 13.5. The summed E-state index contributed by atoms with van der Waals surface area (Å²) in [5, 5.41) is 7.19. The van der Waals surface area contributed by atoms with Crippen molar-refractivity contribution in [2.75, 3.05) is 32.0 Å². The zero-order valence-corrected chi connectivity index (χ0v) is 18.9. The fourth-order valence-corrected chi connectivity index (χ4v) is 5.58. The Bertz CT molecular complexity index is 944. The van der Waals surface area contributed by atoms with Gasteiger partial charge in [-0.3, -0.25) is 0 Å². The van der Waals surface area contributed by atoms with E-state index in [2.05, 4.69) is 34.7 Å². The predicted octanol–water partition coefficient (Wildman–Crippen LogP) is 5.39. The van der Waals surface area contributed by atoms with E-state index in [4.69, 9.17) is 4.74 Å². The van der Waals surface area contributed by atoms with Crippen LogP contribution in [0.25, 0.3) is 0 Å². The number of piperidine rings is 1. The van der Waals surface area contributed by atoms with Crippen LogP contribution in [0.4, 0.5) is 18.9 Å². The molecule has 0 spiro atoms. The third kappa shape index (κ3) is 4.91. The molecule has 0 aromatic heterocycles. The number of ether oxygens (including phenoxy) is 1. The van der Waals surface area contributed by atoms with Crippen molar-refractivity contribution in [1.29, 1.82) is 0 Å². The summed E-state index contributed by atoms with van der Waals surface area (Å²) in [6.07, 6.45) is -0.674. The molecule has 2 N–H and O–H groups in total. The van der Waals surface area contributed by atoms with E-state index < -0.39 is 11.7 Å². The Morgan fingerprint density at radius 3 is 2.52 bits per heavy atom. The van der Waals surface area contributed by atoms with E-state index in [1.807, 2.05) is 18.2 Å². The SMILES string of the molecule is CN1CCC(NC[C@H]2CC[C@@H]3[C@H](O2)c2cc(C(F)(F)F)ccc2N[C@H]3c2ccccc2)CC1. The zero-order valence-electron chi connectivity index (χ0n) is 18.9. The summed E-state index contributed by atoms with van der Waals surface area (Å²) in [7, 11) is 2.15. The lowest BCUT2D eigenvalue weighted by atomic mass is 9.76. The molecule has 0 bridgehead atoms. The molecule has 4 atom stereocenters. The van der Waals surface area contributed by atoms with E-state index >= 15 is 0 Å². The molecule has 0 amide bonds. The molecular weight excluding hydrogens is 427 g/mol. The molecule has 2 fully saturated rings. The fourth-order valence-electron chi connectivity index (χ4n) is 5.58. The number of likely N-dealkylation sites (tertiary alicyclic amines) is 1. The molecule has 3 aliphatic rings. The minimum absolute atomic E-state index is 0.00261. The van der Waals surface area contributed by atoms with E-state index in [0.29, 0.717) is 11.6 Å². The van der Waals surface area contributed by atoms with Crippen molar-refractivity contribution in [1.82, 2.24) is 10.2 Å². The molecule has 4 nitrogen and oxygen atoms in total. The van der Waals surface area contributed by atoms with Crippen LogP contribution in [-0.4, -0.2) is 43.7 Å². The van der Waals surface area contributed by atoms with Crippen LogP contribution < -0.4 is 10.6 Å². The van der Waals surface area contributed by atoms with Crippen molar-refractivity contribution in [2.24, 2.45) is 5.92 Å². The van der Waals surface area contributed by atoms with Gasteiger partial charge in [0.15, 0.2) is 0 Å². The first-order valence-corrected chi connectivity index (χ1v) is 12.0. The molecule has 0 unspecified atom stereocenters. The minimum Gasteiger partial charge on any atom is -0.378 e. The first-order chi connectivity index (χ1) is 15.9. The highest BCUT2D eigenvalue weighted by Crippen LogP contribution is 2.51. The first-order valence-electron chi connectivity index (χ1n) is 12.0. The number of fused-ring (bicyclic) bond motifs is 3. The molecule has 3 aliphatic heterocycles. The largest absolute Gasteiger partial charge is 0.416 e. The molecule has 5 rings (SSSR count). The van der Waals surface area contributed by atoms with Gasteiger partial charge in [-0.1, -0.05) is 30.3 Å². The summed E-state index contributed by atoms with van der Waals surface area (Å²) in [4.78, 5) is 2.34. The van der Waals surface area contributed by atoms with Crippen LogP contribution in [0.2, 0.25) is 0 Å². The van der Waals surface area contributed by atoms with Crippen molar-refractivity contribution >= 4 is 5.69 Å². The number of anilines is 1. The van der Waals surface area contributed by atoms with Gasteiger partial charge < -0.3 is 20.3 Å². The van der Waals surface area contributed by atoms with E-state index in [0.717, 1.165) is 62.6 Å². The highest BCUT2D eigenvalue weighted by molar-refractivity contribution is 5.58. The van der Waals surface area contributed by atoms with E-state index in [1.54, 1.807) is 6.07 Å². The number of nitrogens with one attached hydrogen (secondary N) is 2. The number of benzene rings is 2. The van der Waals surface area contributed by atoms with Crippen LogP contribution in [0.15, 0.2) is 48.5 Å². The van der Waals surface area contributed by atoms with Crippen LogP contribution in [0.3, 0.4) is 0 Å². The third-order valence-electron chi connectivity index (χ3n) is 7.49. The Morgan fingerprint density at radius 1 is 1.03 bits per heavy atom. The number of hydrogen-bond acceptors (Lipinski definition) is 4. The molecule has 7 heteroatoms. The van der Waals surface area contributed by atoms with Gasteiger partial charge in [-0.05, 0) is 69.6 Å². The average Bonchev–Trinajstić information content (AvgIpc) is 2.82. The van der Waals surface area contributed by atoms with Crippen molar-refractivity contribution in [3.63, 3.8) is 0 Å². The second kappa shape index (κ2) is 9.28. The van der Waals surface area contributed by atoms with Crippen LogP contribution >= 0.6 is 0 Å². The number of alkyl halides is 3. The summed E-state index contributed by atoms with van der Waals surface area (Å²) in [6, 6.07) is 14.7. The summed E-state index contributed by atoms with van der Waals surface area (Å²) < 4.78 is 47.0. The monoisotopic (exact) mass is 459 g/mol. The number of nitrogens with zero attached hydrogens (tertiary/aromatic N) is 1. The van der Waals surface area contributed by atoms with Crippen LogP contribution in [-0.2, 0) is 10.9 Å². The van der Waals surface area contributed by atoms with Crippen molar-refractivity contribution in [3.8, 4) is 0 Å². The first kappa shape index (κ1) is 22.7. The van der Waals surface area contributed by atoms with Gasteiger partial charge in [0.1, 0.15) is 0 Å². The molecule has 2 aromatic carbocycles. The lowest BCUT2D eigenvalue weighted by Crippen LogP contribution is -2.46. The number of rotatable bonds is 4. The Balaban J connectivity index is 1.38. The fraction of sp³-hybridized carbons (Fsp3) is 0.538. The zero-order chi connectivity index (χ0) is 23.0. The third-order valence-corrected chi connectivity index (χ3v) is 7.49. The molecular formula is C26H32F3N3O. The summed E-state index contributed by atoms with van der Waals surface area (Å²) in [5.74, 6) is 0.0861. The number of halogens is 3. The molecule has 2 saturated heterocycles. The second-order valence-corrected chi connectivity index (χ2v) is 9.74. The molecule has 3 heterocycles. The minimum atomic E-state index is -4.37. The molecule has 0 aliphatic carbocycles. The molecule has 0 radical (unpaired) electrons. The van der Waals surface area contributed by atoms with Crippen LogP contribution in [0.1, 0.15) is 54.5 Å². The summed E-state index contributed by atoms with van der Waals surface area (Å²) >= 11 is 0. The maximum Gasteiger partial charge on any atom is 0.416 e. The van der Waals surface area contributed by atoms with E-state index in [9.17, 15) is 13.2 Å². The van der Waals surface area contributed by atoms with Gasteiger partial charge in [-0.2, -0.15) is 13.2 Å². The summed E-state index contributed by atoms with van der Waals surface area (Å²) in [5.41, 5.74) is 1.90. The van der Waals surface area contributed by atoms with Gasteiger partial charge >= 0.3 is 6.18 Å². The highest BCUT2D eigenvalue weighted by Gasteiger charge is 2.43. The van der Waals surface area contributed by atoms with Crippen LogP contribution in [0, 0.1) is 5.92 Å². The van der Waals surface area contributed by atoms with E-state index in [-0.39, 0.29) is 24.2 Å². The predicted molar refractivity (Wildman–Crippen MR) is 123 cm³/mol. The normalized spacial score (nSPS) is 28.6. The van der Waals surface area contributed by atoms with Crippen molar-refractivity contribution < 1.29 is 17.9 Å². The Morgan fingerprint density at radius 2 is 1.79 bits per heavy atom. The van der Waals surface area contributed by atoms with Crippen molar-refractivity contribution in [3.05, 3.63) is 65.2 Å². The van der Waals surface area contributed by atoms with Gasteiger partial charge in [0, 0.05) is 29.8 Å². The molecule has 33 heavy (non-hydrogen) atoms. The van der Waals surface area contributed by atoms with Gasteiger partial charge in [0.25, 0.3) is 0 Å². The topological polar surface area (TPSA) is 36.5 Å². The quantitative estimate of drug-likeness (QED) is 0.643. The molecule has 2 aromatic rings. The molecule has 0 saturated carbocycles. The lowest BCUT2D eigenvalue weighted by molar-refractivity contribution is -0.138. The van der Waals surface area contributed by atoms with Gasteiger partial charge in [-0.15, -0.1) is 0 Å².